The van der Waals surface area contributed by atoms with E-state index in [9.17, 15) is 9.59 Å². The molecule has 2 saturated heterocycles. The van der Waals surface area contributed by atoms with E-state index < -0.39 is 0 Å². The molecule has 3 rings (SSSR count). The molecular formula is C15H19N3O2. The number of nitrogens with zero attached hydrogens (tertiary/aromatic N) is 3. The Morgan fingerprint density at radius 2 is 1.65 bits per heavy atom. The van der Waals surface area contributed by atoms with Gasteiger partial charge in [-0.25, -0.2) is 0 Å². The van der Waals surface area contributed by atoms with Gasteiger partial charge in [-0.15, -0.1) is 0 Å². The first kappa shape index (κ1) is 13.3. The molecule has 5 heteroatoms. The van der Waals surface area contributed by atoms with Crippen LogP contribution in [-0.4, -0.2) is 47.3 Å². The van der Waals surface area contributed by atoms with Crippen molar-refractivity contribution in [3.8, 4) is 6.07 Å². The Hall–Kier alpha value is -1.67. The average molecular weight is 273 g/mol. The first-order valence-corrected chi connectivity index (χ1v) is 7.33. The number of carbonyl (C=O) groups is 2. The number of imide groups is 1. The summed E-state index contributed by atoms with van der Waals surface area (Å²) in [6, 6.07) is 2.19. The minimum atomic E-state index is -0.121. The number of hydrogen-bond acceptors (Lipinski definition) is 4. The molecule has 0 spiro atoms. The summed E-state index contributed by atoms with van der Waals surface area (Å²) in [7, 11) is 0. The van der Waals surface area contributed by atoms with E-state index in [4.69, 9.17) is 5.26 Å². The molecule has 0 saturated carbocycles. The van der Waals surface area contributed by atoms with E-state index in [1.54, 1.807) is 4.90 Å². The Bertz CT molecular complexity index is 460. The molecule has 2 heterocycles. The molecule has 0 N–H and O–H groups in total. The lowest BCUT2D eigenvalue weighted by Gasteiger charge is -2.34. The number of rotatable bonds is 2. The highest BCUT2D eigenvalue weighted by atomic mass is 16.2. The van der Waals surface area contributed by atoms with Gasteiger partial charge >= 0.3 is 0 Å². The standard InChI is InChI=1S/C15H19N3O2/c16-7-10-17-8-5-11(6-9-17)18-14(19)12-3-1-2-4-13(12)15(18)20/h1-2,11-13H,3-6,8-10H2/t12-,13+. The number of nitriles is 1. The lowest BCUT2D eigenvalue weighted by Crippen LogP contribution is -2.47. The second kappa shape index (κ2) is 5.37. The molecule has 0 aromatic carbocycles. The Morgan fingerprint density at radius 3 is 2.15 bits per heavy atom. The maximum Gasteiger partial charge on any atom is 0.233 e. The van der Waals surface area contributed by atoms with Crippen molar-refractivity contribution in [2.24, 2.45) is 11.8 Å². The van der Waals surface area contributed by atoms with E-state index in [1.165, 1.54) is 0 Å². The Labute approximate surface area is 118 Å². The molecule has 5 nitrogen and oxygen atoms in total. The average Bonchev–Trinajstić information content (AvgIpc) is 2.73. The number of likely N-dealkylation sites (tertiary alicyclic amines) is 2. The van der Waals surface area contributed by atoms with Crippen LogP contribution in [0, 0.1) is 23.2 Å². The minimum Gasteiger partial charge on any atom is -0.290 e. The summed E-state index contributed by atoms with van der Waals surface area (Å²) in [4.78, 5) is 28.6. The van der Waals surface area contributed by atoms with Crippen LogP contribution in [0.1, 0.15) is 25.7 Å². The molecule has 0 radical (unpaired) electrons. The molecule has 20 heavy (non-hydrogen) atoms. The van der Waals surface area contributed by atoms with Gasteiger partial charge in [0.15, 0.2) is 0 Å². The predicted molar refractivity (Wildman–Crippen MR) is 72.3 cm³/mol. The Balaban J connectivity index is 1.68. The van der Waals surface area contributed by atoms with Gasteiger partial charge in [0.2, 0.25) is 11.8 Å². The fourth-order valence-electron chi connectivity index (χ4n) is 3.62. The molecule has 106 valence electrons. The van der Waals surface area contributed by atoms with E-state index in [0.29, 0.717) is 19.4 Å². The van der Waals surface area contributed by atoms with Crippen molar-refractivity contribution in [1.82, 2.24) is 9.80 Å². The van der Waals surface area contributed by atoms with E-state index >= 15 is 0 Å². The first-order chi connectivity index (χ1) is 9.72. The molecule has 2 fully saturated rings. The van der Waals surface area contributed by atoms with E-state index in [0.717, 1.165) is 25.9 Å². The molecule has 3 aliphatic rings. The maximum atomic E-state index is 12.5. The highest BCUT2D eigenvalue weighted by Crippen LogP contribution is 2.37. The minimum absolute atomic E-state index is 0.0306. The van der Waals surface area contributed by atoms with Crippen LogP contribution in [0.25, 0.3) is 0 Å². The normalized spacial score (nSPS) is 31.4. The lowest BCUT2D eigenvalue weighted by molar-refractivity contribution is -0.143. The third kappa shape index (κ3) is 2.14. The third-order valence-electron chi connectivity index (χ3n) is 4.76. The quantitative estimate of drug-likeness (QED) is 0.426. The van der Waals surface area contributed by atoms with Crippen molar-refractivity contribution in [2.75, 3.05) is 19.6 Å². The van der Waals surface area contributed by atoms with Crippen LogP contribution < -0.4 is 0 Å². The lowest BCUT2D eigenvalue weighted by atomic mass is 9.85. The van der Waals surface area contributed by atoms with Gasteiger partial charge in [-0.2, -0.15) is 5.26 Å². The maximum absolute atomic E-state index is 12.5. The van der Waals surface area contributed by atoms with E-state index in [1.807, 2.05) is 12.2 Å². The number of fused-ring (bicyclic) bond motifs is 1. The zero-order chi connectivity index (χ0) is 14.1. The smallest absolute Gasteiger partial charge is 0.233 e. The van der Waals surface area contributed by atoms with Crippen LogP contribution in [0.3, 0.4) is 0 Å². The van der Waals surface area contributed by atoms with Crippen molar-refractivity contribution < 1.29 is 9.59 Å². The SMILES string of the molecule is N#CCN1CCC(N2C(=O)[C@H]3CC=CC[C@H]3C2=O)CC1. The molecule has 2 amide bonds. The number of carbonyl (C=O) groups excluding carboxylic acids is 2. The van der Waals surface area contributed by atoms with Gasteiger partial charge in [0.25, 0.3) is 0 Å². The topological polar surface area (TPSA) is 64.4 Å². The van der Waals surface area contributed by atoms with Crippen LogP contribution in [0.4, 0.5) is 0 Å². The summed E-state index contributed by atoms with van der Waals surface area (Å²) < 4.78 is 0. The van der Waals surface area contributed by atoms with Crippen LogP contribution in [0.2, 0.25) is 0 Å². The summed E-state index contributed by atoms with van der Waals surface area (Å²) in [5, 5.41) is 8.70. The highest BCUT2D eigenvalue weighted by molar-refractivity contribution is 6.05. The largest absolute Gasteiger partial charge is 0.290 e. The van der Waals surface area contributed by atoms with E-state index in [2.05, 4.69) is 11.0 Å². The van der Waals surface area contributed by atoms with Gasteiger partial charge in [0.1, 0.15) is 0 Å². The van der Waals surface area contributed by atoms with Gasteiger partial charge in [0, 0.05) is 19.1 Å². The van der Waals surface area contributed by atoms with Crippen molar-refractivity contribution in [3.63, 3.8) is 0 Å². The fourth-order valence-corrected chi connectivity index (χ4v) is 3.62. The van der Waals surface area contributed by atoms with Gasteiger partial charge in [-0.05, 0) is 25.7 Å². The molecule has 1 aliphatic carbocycles. The number of piperidine rings is 1. The second-order valence-corrected chi connectivity index (χ2v) is 5.87. The summed E-state index contributed by atoms with van der Waals surface area (Å²) in [5.41, 5.74) is 0. The van der Waals surface area contributed by atoms with Gasteiger partial charge in [0.05, 0.1) is 24.4 Å². The van der Waals surface area contributed by atoms with Crippen LogP contribution in [0.15, 0.2) is 12.2 Å². The molecular weight excluding hydrogens is 254 g/mol. The first-order valence-electron chi connectivity index (χ1n) is 7.33. The van der Waals surface area contributed by atoms with Crippen LogP contribution in [0.5, 0.6) is 0 Å². The molecule has 0 bridgehead atoms. The third-order valence-corrected chi connectivity index (χ3v) is 4.76. The molecule has 2 atom stereocenters. The zero-order valence-corrected chi connectivity index (χ0v) is 11.5. The summed E-state index contributed by atoms with van der Waals surface area (Å²) in [6.45, 7) is 2.02. The number of allylic oxidation sites excluding steroid dienone is 2. The van der Waals surface area contributed by atoms with Crippen molar-refractivity contribution in [2.45, 2.75) is 31.7 Å². The monoisotopic (exact) mass is 273 g/mol. The van der Waals surface area contributed by atoms with Gasteiger partial charge < -0.3 is 0 Å². The highest BCUT2D eigenvalue weighted by Gasteiger charge is 2.49. The molecule has 0 unspecified atom stereocenters. The Kier molecular flexibility index (Phi) is 3.58. The van der Waals surface area contributed by atoms with Crippen molar-refractivity contribution in [3.05, 3.63) is 12.2 Å². The summed E-state index contributed by atoms with van der Waals surface area (Å²) in [6.07, 6.45) is 7.05. The van der Waals surface area contributed by atoms with Crippen LogP contribution >= 0.6 is 0 Å². The fraction of sp³-hybridized carbons (Fsp3) is 0.667. The molecule has 2 aliphatic heterocycles. The Morgan fingerprint density at radius 1 is 1.10 bits per heavy atom. The molecule has 0 aromatic heterocycles. The predicted octanol–water partition coefficient (Wildman–Crippen LogP) is 0.926. The number of hydrogen-bond donors (Lipinski definition) is 0. The number of amides is 2. The zero-order valence-electron chi connectivity index (χ0n) is 11.5. The molecule has 0 aromatic rings. The van der Waals surface area contributed by atoms with E-state index in [-0.39, 0.29) is 29.7 Å². The second-order valence-electron chi connectivity index (χ2n) is 5.87. The van der Waals surface area contributed by atoms with Gasteiger partial charge in [-0.1, -0.05) is 12.2 Å². The van der Waals surface area contributed by atoms with Gasteiger partial charge in [-0.3, -0.25) is 19.4 Å². The van der Waals surface area contributed by atoms with Crippen molar-refractivity contribution >= 4 is 11.8 Å². The van der Waals surface area contributed by atoms with Crippen molar-refractivity contribution in [1.29, 1.82) is 5.26 Å². The summed E-state index contributed by atoms with van der Waals surface area (Å²) in [5.74, 6) is -0.180. The summed E-state index contributed by atoms with van der Waals surface area (Å²) >= 11 is 0. The van der Waals surface area contributed by atoms with Crippen LogP contribution in [-0.2, 0) is 9.59 Å².